The number of carbonyl (C=O) groups is 2. The zero-order chi connectivity index (χ0) is 22.8. The van der Waals surface area contributed by atoms with Gasteiger partial charge in [-0.1, -0.05) is 12.1 Å². The van der Waals surface area contributed by atoms with E-state index in [1.807, 2.05) is 0 Å². The Morgan fingerprint density at radius 1 is 0.500 bits per heavy atom. The van der Waals surface area contributed by atoms with E-state index >= 15 is 0 Å². The fourth-order valence-corrected chi connectivity index (χ4v) is 3.09. The van der Waals surface area contributed by atoms with Crippen LogP contribution in [-0.2, 0) is 0 Å². The lowest BCUT2D eigenvalue weighted by atomic mass is 10.1. The Labute approximate surface area is 181 Å². The molecule has 4 N–H and O–H groups in total. The fraction of sp³-hybridized carbons (Fsp3) is 0. The molecule has 0 aromatic heterocycles. The maximum atomic E-state index is 12.3. The van der Waals surface area contributed by atoms with Gasteiger partial charge in [-0.3, -0.25) is 0 Å². The standard InChI is InChI=1S/C24H16O8/c25-17-5-15(6-18(26)11-17)23(29)31-21-3-1-13-9-22(4-2-14(13)10-21)32-24(30)16-7-19(27)12-20(28)8-16/h1-12,25-28H. The van der Waals surface area contributed by atoms with Crippen LogP contribution in [0.4, 0.5) is 0 Å². The lowest BCUT2D eigenvalue weighted by molar-refractivity contribution is 0.0724. The number of fused-ring (bicyclic) bond motifs is 1. The summed E-state index contributed by atoms with van der Waals surface area (Å²) in [6.45, 7) is 0. The average molecular weight is 432 g/mol. The van der Waals surface area contributed by atoms with Crippen molar-refractivity contribution in [1.82, 2.24) is 0 Å². The third-order valence-corrected chi connectivity index (χ3v) is 4.48. The minimum absolute atomic E-state index is 0.0113. The molecule has 160 valence electrons. The quantitative estimate of drug-likeness (QED) is 0.280. The molecule has 0 heterocycles. The van der Waals surface area contributed by atoms with Crippen molar-refractivity contribution in [2.75, 3.05) is 0 Å². The molecule has 4 rings (SSSR count). The topological polar surface area (TPSA) is 134 Å². The van der Waals surface area contributed by atoms with Gasteiger partial charge in [0.05, 0.1) is 11.1 Å². The van der Waals surface area contributed by atoms with Gasteiger partial charge < -0.3 is 29.9 Å². The number of rotatable bonds is 4. The maximum Gasteiger partial charge on any atom is 0.343 e. The van der Waals surface area contributed by atoms with Crippen LogP contribution >= 0.6 is 0 Å². The molecule has 0 spiro atoms. The van der Waals surface area contributed by atoms with E-state index in [0.29, 0.717) is 10.8 Å². The first-order chi connectivity index (χ1) is 15.3. The Kier molecular flexibility index (Phi) is 5.26. The molecule has 0 aliphatic carbocycles. The second-order valence-electron chi connectivity index (χ2n) is 6.93. The number of hydrogen-bond acceptors (Lipinski definition) is 8. The monoisotopic (exact) mass is 432 g/mol. The van der Waals surface area contributed by atoms with E-state index in [4.69, 9.17) is 9.47 Å². The SMILES string of the molecule is O=C(Oc1ccc2cc(OC(=O)c3cc(O)cc(O)c3)ccc2c1)c1cc(O)cc(O)c1. The lowest BCUT2D eigenvalue weighted by Crippen LogP contribution is -2.08. The summed E-state index contributed by atoms with van der Waals surface area (Å²) in [5.74, 6) is -2.09. The second kappa shape index (κ2) is 8.19. The third kappa shape index (κ3) is 4.54. The molecule has 0 amide bonds. The van der Waals surface area contributed by atoms with Crippen LogP contribution in [0.25, 0.3) is 10.8 Å². The molecule has 8 nitrogen and oxygen atoms in total. The van der Waals surface area contributed by atoms with Crippen molar-refractivity contribution in [3.8, 4) is 34.5 Å². The zero-order valence-electron chi connectivity index (χ0n) is 16.4. The van der Waals surface area contributed by atoms with Gasteiger partial charge >= 0.3 is 11.9 Å². The highest BCUT2D eigenvalue weighted by Gasteiger charge is 2.14. The molecule has 0 saturated carbocycles. The van der Waals surface area contributed by atoms with Crippen molar-refractivity contribution in [2.24, 2.45) is 0 Å². The number of phenolic OH excluding ortho intramolecular Hbond substituents is 4. The first-order valence-electron chi connectivity index (χ1n) is 9.31. The fourth-order valence-electron chi connectivity index (χ4n) is 3.09. The van der Waals surface area contributed by atoms with E-state index in [-0.39, 0.29) is 45.6 Å². The maximum absolute atomic E-state index is 12.3. The average Bonchev–Trinajstić information content (AvgIpc) is 2.72. The predicted molar refractivity (Wildman–Crippen MR) is 113 cm³/mol. The van der Waals surface area contributed by atoms with E-state index in [1.54, 1.807) is 36.4 Å². The molecule has 0 bridgehead atoms. The summed E-state index contributed by atoms with van der Waals surface area (Å²) in [5, 5.41) is 39.4. The normalized spacial score (nSPS) is 10.6. The van der Waals surface area contributed by atoms with E-state index in [1.165, 1.54) is 24.3 Å². The number of carbonyl (C=O) groups excluding carboxylic acids is 2. The van der Waals surface area contributed by atoms with Crippen LogP contribution in [0.5, 0.6) is 34.5 Å². The minimum atomic E-state index is -0.754. The predicted octanol–water partition coefficient (Wildman–Crippen LogP) is 4.10. The van der Waals surface area contributed by atoms with Gasteiger partial charge in [-0.15, -0.1) is 0 Å². The Bertz CT molecular complexity index is 1210. The Hall–Kier alpha value is -4.72. The van der Waals surface area contributed by atoms with Crippen LogP contribution in [-0.4, -0.2) is 32.4 Å². The van der Waals surface area contributed by atoms with Gasteiger partial charge in [0.25, 0.3) is 0 Å². The number of hydrogen-bond donors (Lipinski definition) is 4. The van der Waals surface area contributed by atoms with Crippen LogP contribution in [0.2, 0.25) is 0 Å². The van der Waals surface area contributed by atoms with Crippen molar-refractivity contribution in [3.05, 3.63) is 83.9 Å². The highest BCUT2D eigenvalue weighted by Crippen LogP contribution is 2.28. The van der Waals surface area contributed by atoms with Gasteiger partial charge in [-0.05, 0) is 59.3 Å². The first-order valence-corrected chi connectivity index (χ1v) is 9.31. The highest BCUT2D eigenvalue weighted by molar-refractivity contribution is 5.94. The van der Waals surface area contributed by atoms with E-state index in [9.17, 15) is 30.0 Å². The van der Waals surface area contributed by atoms with Gasteiger partial charge in [0.15, 0.2) is 0 Å². The Balaban J connectivity index is 1.52. The van der Waals surface area contributed by atoms with E-state index < -0.39 is 11.9 Å². The summed E-state index contributed by atoms with van der Waals surface area (Å²) in [7, 11) is 0. The van der Waals surface area contributed by atoms with Gasteiger partial charge in [-0.2, -0.15) is 0 Å². The van der Waals surface area contributed by atoms with Gasteiger partial charge in [0, 0.05) is 12.1 Å². The number of phenols is 4. The summed E-state index contributed by atoms with van der Waals surface area (Å²) < 4.78 is 10.6. The first kappa shape index (κ1) is 20.5. The molecule has 0 aliphatic heterocycles. The molecule has 0 radical (unpaired) electrons. The zero-order valence-corrected chi connectivity index (χ0v) is 16.4. The molecule has 4 aromatic carbocycles. The molecule has 0 atom stereocenters. The van der Waals surface area contributed by atoms with Gasteiger partial charge in [-0.25, -0.2) is 9.59 Å². The van der Waals surface area contributed by atoms with Crippen molar-refractivity contribution in [2.45, 2.75) is 0 Å². The van der Waals surface area contributed by atoms with Gasteiger partial charge in [0.1, 0.15) is 34.5 Å². The molecule has 0 unspecified atom stereocenters. The molecule has 32 heavy (non-hydrogen) atoms. The van der Waals surface area contributed by atoms with Crippen molar-refractivity contribution in [3.63, 3.8) is 0 Å². The second-order valence-corrected chi connectivity index (χ2v) is 6.93. The Morgan fingerprint density at radius 3 is 1.19 bits per heavy atom. The van der Waals surface area contributed by atoms with E-state index in [2.05, 4.69) is 0 Å². The molecule has 0 fully saturated rings. The smallest absolute Gasteiger partial charge is 0.343 e. The summed E-state index contributed by atoms with van der Waals surface area (Å²) in [4.78, 5) is 24.6. The summed E-state index contributed by atoms with van der Waals surface area (Å²) in [6, 6.07) is 16.5. The molecular weight excluding hydrogens is 416 g/mol. The van der Waals surface area contributed by atoms with Gasteiger partial charge in [0.2, 0.25) is 0 Å². The van der Waals surface area contributed by atoms with Crippen LogP contribution < -0.4 is 9.47 Å². The van der Waals surface area contributed by atoms with Crippen LogP contribution in [0.3, 0.4) is 0 Å². The number of benzene rings is 4. The molecule has 0 saturated heterocycles. The number of esters is 2. The summed E-state index contributed by atoms with van der Waals surface area (Å²) in [6.07, 6.45) is 0. The highest BCUT2D eigenvalue weighted by atomic mass is 16.5. The lowest BCUT2D eigenvalue weighted by Gasteiger charge is -2.09. The number of aromatic hydroxyl groups is 4. The Morgan fingerprint density at radius 2 is 0.844 bits per heavy atom. The van der Waals surface area contributed by atoms with Crippen molar-refractivity contribution in [1.29, 1.82) is 0 Å². The largest absolute Gasteiger partial charge is 0.508 e. The summed E-state index contributed by atoms with van der Waals surface area (Å²) >= 11 is 0. The van der Waals surface area contributed by atoms with E-state index in [0.717, 1.165) is 12.1 Å². The van der Waals surface area contributed by atoms with Crippen LogP contribution in [0, 0.1) is 0 Å². The van der Waals surface area contributed by atoms with Crippen LogP contribution in [0.1, 0.15) is 20.7 Å². The van der Waals surface area contributed by atoms with Crippen molar-refractivity contribution < 1.29 is 39.5 Å². The van der Waals surface area contributed by atoms with Crippen molar-refractivity contribution >= 4 is 22.7 Å². The third-order valence-electron chi connectivity index (χ3n) is 4.48. The molecule has 8 heteroatoms. The molecule has 0 aliphatic rings. The molecular formula is C24H16O8. The van der Waals surface area contributed by atoms with Crippen LogP contribution in [0.15, 0.2) is 72.8 Å². The number of ether oxygens (including phenoxy) is 2. The minimum Gasteiger partial charge on any atom is -0.508 e. The summed E-state index contributed by atoms with van der Waals surface area (Å²) in [5.41, 5.74) is -0.0225. The molecule has 4 aromatic rings.